The Labute approximate surface area is 171 Å². The van der Waals surface area contributed by atoms with E-state index in [-0.39, 0.29) is 12.7 Å². The Bertz CT molecular complexity index is 940. The van der Waals surface area contributed by atoms with Gasteiger partial charge in [-0.1, -0.05) is 48.5 Å². The number of fused-ring (bicyclic) bond motifs is 1. The molecule has 1 aliphatic rings. The standard InChI is InChI=1S/C24H24O3S/c1-25-22-11-5-9-20(19(10-6-14-28)17-7-3-2-4-8-17)24(22)18-12-13-21-23(15-18)27-16-26-21/h2-5,7-9,11-13,15,19,28H,6,10,14,16H2,1H3. The van der Waals surface area contributed by atoms with Crippen LogP contribution in [0.2, 0.25) is 0 Å². The number of rotatable bonds is 7. The van der Waals surface area contributed by atoms with E-state index in [1.165, 1.54) is 11.1 Å². The Hall–Kier alpha value is -2.59. The van der Waals surface area contributed by atoms with Crippen LogP contribution in [0.15, 0.2) is 66.7 Å². The third-order valence-electron chi connectivity index (χ3n) is 5.17. The first-order valence-electron chi connectivity index (χ1n) is 9.54. The van der Waals surface area contributed by atoms with Crippen molar-refractivity contribution in [3.05, 3.63) is 77.9 Å². The van der Waals surface area contributed by atoms with Gasteiger partial charge in [-0.05, 0) is 53.5 Å². The molecule has 1 aliphatic heterocycles. The summed E-state index contributed by atoms with van der Waals surface area (Å²) in [7, 11) is 1.72. The molecule has 3 aromatic rings. The van der Waals surface area contributed by atoms with E-state index in [0.29, 0.717) is 0 Å². The van der Waals surface area contributed by atoms with E-state index in [9.17, 15) is 0 Å². The minimum absolute atomic E-state index is 0.267. The highest BCUT2D eigenvalue weighted by Crippen LogP contribution is 2.44. The van der Waals surface area contributed by atoms with Gasteiger partial charge in [0.25, 0.3) is 0 Å². The fraction of sp³-hybridized carbons (Fsp3) is 0.250. The van der Waals surface area contributed by atoms with Gasteiger partial charge in [-0.15, -0.1) is 0 Å². The molecule has 0 saturated heterocycles. The van der Waals surface area contributed by atoms with Crippen molar-refractivity contribution in [3.8, 4) is 28.4 Å². The SMILES string of the molecule is COc1cccc(C(CCCS)c2ccccc2)c1-c1ccc2c(c1)OCO2. The molecule has 0 saturated carbocycles. The van der Waals surface area contributed by atoms with Crippen LogP contribution in [-0.2, 0) is 0 Å². The molecule has 4 heteroatoms. The summed E-state index contributed by atoms with van der Waals surface area (Å²) in [6.07, 6.45) is 2.07. The molecule has 0 radical (unpaired) electrons. The lowest BCUT2D eigenvalue weighted by Crippen LogP contribution is -2.05. The Balaban J connectivity index is 1.86. The molecule has 3 aromatic carbocycles. The molecule has 1 atom stereocenters. The fourth-order valence-corrected chi connectivity index (χ4v) is 4.03. The van der Waals surface area contributed by atoms with E-state index in [4.69, 9.17) is 14.2 Å². The van der Waals surface area contributed by atoms with Crippen molar-refractivity contribution in [1.29, 1.82) is 0 Å². The molecule has 0 fully saturated rings. The second-order valence-corrected chi connectivity index (χ2v) is 7.27. The van der Waals surface area contributed by atoms with E-state index in [1.54, 1.807) is 7.11 Å². The minimum atomic E-state index is 0.267. The second-order valence-electron chi connectivity index (χ2n) is 6.82. The van der Waals surface area contributed by atoms with Crippen molar-refractivity contribution < 1.29 is 14.2 Å². The second kappa shape index (κ2) is 8.61. The molecular formula is C24H24O3S. The van der Waals surface area contributed by atoms with Crippen LogP contribution in [-0.4, -0.2) is 19.7 Å². The Kier molecular flexibility index (Phi) is 5.77. The number of ether oxygens (including phenoxy) is 3. The van der Waals surface area contributed by atoms with Gasteiger partial charge in [0.15, 0.2) is 11.5 Å². The van der Waals surface area contributed by atoms with Crippen molar-refractivity contribution in [2.75, 3.05) is 19.7 Å². The van der Waals surface area contributed by atoms with Crippen molar-refractivity contribution in [3.63, 3.8) is 0 Å². The molecule has 0 spiro atoms. The molecule has 0 aromatic heterocycles. The van der Waals surface area contributed by atoms with Gasteiger partial charge in [0.2, 0.25) is 6.79 Å². The Morgan fingerprint density at radius 2 is 1.79 bits per heavy atom. The van der Waals surface area contributed by atoms with Gasteiger partial charge in [0.05, 0.1) is 7.11 Å². The van der Waals surface area contributed by atoms with E-state index >= 15 is 0 Å². The molecule has 0 amide bonds. The first kappa shape index (κ1) is 18.8. The number of thiol groups is 1. The van der Waals surface area contributed by atoms with Crippen molar-refractivity contribution in [2.45, 2.75) is 18.8 Å². The number of benzene rings is 3. The monoisotopic (exact) mass is 392 g/mol. The fourth-order valence-electron chi connectivity index (χ4n) is 3.85. The van der Waals surface area contributed by atoms with Crippen LogP contribution in [0.25, 0.3) is 11.1 Å². The van der Waals surface area contributed by atoms with Crippen LogP contribution in [0.1, 0.15) is 29.9 Å². The Morgan fingerprint density at radius 3 is 2.57 bits per heavy atom. The molecule has 144 valence electrons. The van der Waals surface area contributed by atoms with Crippen molar-refractivity contribution >= 4 is 12.6 Å². The van der Waals surface area contributed by atoms with Crippen LogP contribution in [0.3, 0.4) is 0 Å². The zero-order valence-corrected chi connectivity index (χ0v) is 16.8. The molecule has 1 unspecified atom stereocenters. The zero-order chi connectivity index (χ0) is 19.3. The quantitative estimate of drug-likeness (QED) is 0.505. The highest BCUT2D eigenvalue weighted by Gasteiger charge is 2.23. The molecule has 0 N–H and O–H groups in total. The lowest BCUT2D eigenvalue weighted by molar-refractivity contribution is 0.174. The number of methoxy groups -OCH3 is 1. The average Bonchev–Trinajstić information content (AvgIpc) is 3.22. The molecule has 28 heavy (non-hydrogen) atoms. The number of hydrogen-bond acceptors (Lipinski definition) is 4. The minimum Gasteiger partial charge on any atom is -0.496 e. The van der Waals surface area contributed by atoms with Gasteiger partial charge < -0.3 is 14.2 Å². The molecule has 4 rings (SSSR count). The van der Waals surface area contributed by atoms with Crippen LogP contribution >= 0.6 is 12.6 Å². The van der Waals surface area contributed by atoms with E-state index in [2.05, 4.69) is 61.2 Å². The lowest BCUT2D eigenvalue weighted by atomic mass is 9.83. The van der Waals surface area contributed by atoms with Crippen LogP contribution in [0.5, 0.6) is 17.2 Å². The summed E-state index contributed by atoms with van der Waals surface area (Å²) in [4.78, 5) is 0. The summed E-state index contributed by atoms with van der Waals surface area (Å²) in [5.74, 6) is 3.56. The van der Waals surface area contributed by atoms with Gasteiger partial charge in [-0.25, -0.2) is 0 Å². The normalized spacial score (nSPS) is 13.4. The zero-order valence-electron chi connectivity index (χ0n) is 15.9. The van der Waals surface area contributed by atoms with E-state index < -0.39 is 0 Å². The largest absolute Gasteiger partial charge is 0.496 e. The van der Waals surface area contributed by atoms with Crippen LogP contribution < -0.4 is 14.2 Å². The van der Waals surface area contributed by atoms with Gasteiger partial charge >= 0.3 is 0 Å². The smallest absolute Gasteiger partial charge is 0.231 e. The topological polar surface area (TPSA) is 27.7 Å². The van der Waals surface area contributed by atoms with E-state index in [0.717, 1.165) is 47.0 Å². The highest BCUT2D eigenvalue weighted by atomic mass is 32.1. The Morgan fingerprint density at radius 1 is 0.964 bits per heavy atom. The average molecular weight is 393 g/mol. The third-order valence-corrected chi connectivity index (χ3v) is 5.48. The molecule has 1 heterocycles. The maximum absolute atomic E-state index is 5.76. The van der Waals surface area contributed by atoms with Crippen LogP contribution in [0, 0.1) is 0 Å². The third kappa shape index (κ3) is 3.69. The van der Waals surface area contributed by atoms with Gasteiger partial charge in [0, 0.05) is 11.5 Å². The van der Waals surface area contributed by atoms with Crippen LogP contribution in [0.4, 0.5) is 0 Å². The summed E-state index contributed by atoms with van der Waals surface area (Å²) in [6, 6.07) is 23.1. The summed E-state index contributed by atoms with van der Waals surface area (Å²) in [5.41, 5.74) is 4.74. The summed E-state index contributed by atoms with van der Waals surface area (Å²) < 4.78 is 16.9. The predicted molar refractivity (Wildman–Crippen MR) is 116 cm³/mol. The maximum atomic E-state index is 5.76. The van der Waals surface area contributed by atoms with Gasteiger partial charge in [-0.2, -0.15) is 12.6 Å². The number of hydrogen-bond donors (Lipinski definition) is 1. The summed E-state index contributed by atoms with van der Waals surface area (Å²) in [5, 5.41) is 0. The first-order valence-corrected chi connectivity index (χ1v) is 10.2. The predicted octanol–water partition coefficient (Wildman–Crippen LogP) is 5.93. The molecule has 3 nitrogen and oxygen atoms in total. The summed E-state index contributed by atoms with van der Waals surface area (Å²) in [6.45, 7) is 0.270. The van der Waals surface area contributed by atoms with Gasteiger partial charge in [-0.3, -0.25) is 0 Å². The molecule has 0 aliphatic carbocycles. The first-order chi connectivity index (χ1) is 13.8. The van der Waals surface area contributed by atoms with Crippen molar-refractivity contribution in [2.24, 2.45) is 0 Å². The van der Waals surface area contributed by atoms with E-state index in [1.807, 2.05) is 18.2 Å². The summed E-state index contributed by atoms with van der Waals surface area (Å²) >= 11 is 4.44. The maximum Gasteiger partial charge on any atom is 0.231 e. The van der Waals surface area contributed by atoms with Gasteiger partial charge in [0.1, 0.15) is 5.75 Å². The molecular weight excluding hydrogens is 368 g/mol. The van der Waals surface area contributed by atoms with Crippen molar-refractivity contribution in [1.82, 2.24) is 0 Å². The lowest BCUT2D eigenvalue weighted by Gasteiger charge is -2.23. The molecule has 0 bridgehead atoms. The highest BCUT2D eigenvalue weighted by molar-refractivity contribution is 7.80.